The Hall–Kier alpha value is -1.16. The van der Waals surface area contributed by atoms with Crippen LogP contribution in [0.1, 0.15) is 29.7 Å². The molecule has 2 aromatic rings. The molecule has 0 saturated heterocycles. The highest BCUT2D eigenvalue weighted by atomic mass is 32.1. The number of hydrogen-bond donors (Lipinski definition) is 2. The molecule has 2 nitrogen and oxygen atoms in total. The highest BCUT2D eigenvalue weighted by Crippen LogP contribution is 2.15. The van der Waals surface area contributed by atoms with Gasteiger partial charge in [-0.15, -0.1) is 0 Å². The first-order chi connectivity index (χ1) is 8.29. The first-order valence-corrected chi connectivity index (χ1v) is 6.68. The first-order valence-electron chi connectivity index (χ1n) is 5.74. The van der Waals surface area contributed by atoms with Gasteiger partial charge < -0.3 is 10.4 Å². The minimum atomic E-state index is 0.102. The lowest BCUT2D eigenvalue weighted by molar-refractivity contribution is 0.281. The van der Waals surface area contributed by atoms with Crippen LogP contribution in [0.5, 0.6) is 0 Å². The van der Waals surface area contributed by atoms with Crippen molar-refractivity contribution in [1.29, 1.82) is 0 Å². The van der Waals surface area contributed by atoms with Crippen LogP contribution in [-0.2, 0) is 13.2 Å². The lowest BCUT2D eigenvalue weighted by Gasteiger charge is -2.14. The van der Waals surface area contributed by atoms with E-state index in [0.717, 1.165) is 12.1 Å². The molecule has 0 saturated carbocycles. The number of rotatable bonds is 5. The summed E-state index contributed by atoms with van der Waals surface area (Å²) in [6.45, 7) is 3.13. The summed E-state index contributed by atoms with van der Waals surface area (Å²) in [5, 5.41) is 16.8. The second-order valence-electron chi connectivity index (χ2n) is 4.14. The van der Waals surface area contributed by atoms with Gasteiger partial charge in [0, 0.05) is 12.6 Å². The number of benzene rings is 1. The Morgan fingerprint density at radius 1 is 1.29 bits per heavy atom. The summed E-state index contributed by atoms with van der Waals surface area (Å²) in [5.74, 6) is 0. The molecule has 0 fully saturated rings. The van der Waals surface area contributed by atoms with Crippen molar-refractivity contribution in [2.75, 3.05) is 0 Å². The SMILES string of the molecule is CC(NCc1ccsc1)c1cccc(CO)c1. The normalized spacial score (nSPS) is 12.6. The molecule has 17 heavy (non-hydrogen) atoms. The summed E-state index contributed by atoms with van der Waals surface area (Å²) in [4.78, 5) is 0. The van der Waals surface area contributed by atoms with Crippen LogP contribution in [0.3, 0.4) is 0 Å². The largest absolute Gasteiger partial charge is 0.392 e. The topological polar surface area (TPSA) is 32.3 Å². The lowest BCUT2D eigenvalue weighted by Crippen LogP contribution is -2.17. The Morgan fingerprint density at radius 3 is 2.88 bits per heavy atom. The van der Waals surface area contributed by atoms with E-state index in [-0.39, 0.29) is 6.61 Å². The summed E-state index contributed by atoms with van der Waals surface area (Å²) in [7, 11) is 0. The molecule has 1 heterocycles. The number of thiophene rings is 1. The van der Waals surface area contributed by atoms with E-state index in [4.69, 9.17) is 5.11 Å². The fraction of sp³-hybridized carbons (Fsp3) is 0.286. The maximum absolute atomic E-state index is 9.10. The van der Waals surface area contributed by atoms with E-state index in [1.54, 1.807) is 11.3 Å². The summed E-state index contributed by atoms with van der Waals surface area (Å²) < 4.78 is 0. The van der Waals surface area contributed by atoms with Crippen molar-refractivity contribution in [2.24, 2.45) is 0 Å². The van der Waals surface area contributed by atoms with Gasteiger partial charge in [0.05, 0.1) is 6.61 Å². The monoisotopic (exact) mass is 247 g/mol. The van der Waals surface area contributed by atoms with Crippen LogP contribution < -0.4 is 5.32 Å². The summed E-state index contributed by atoms with van der Waals surface area (Å²) in [6, 6.07) is 10.5. The number of aliphatic hydroxyl groups is 1. The molecule has 1 atom stereocenters. The molecule has 0 bridgehead atoms. The van der Waals surface area contributed by atoms with Crippen LogP contribution >= 0.6 is 11.3 Å². The van der Waals surface area contributed by atoms with Crippen molar-refractivity contribution in [3.63, 3.8) is 0 Å². The Kier molecular flexibility index (Phi) is 4.31. The van der Waals surface area contributed by atoms with Gasteiger partial charge in [-0.05, 0) is 40.4 Å². The molecular weight excluding hydrogens is 230 g/mol. The van der Waals surface area contributed by atoms with Crippen molar-refractivity contribution < 1.29 is 5.11 Å². The highest BCUT2D eigenvalue weighted by molar-refractivity contribution is 7.07. The molecule has 2 N–H and O–H groups in total. The molecule has 0 amide bonds. The van der Waals surface area contributed by atoms with E-state index in [2.05, 4.69) is 35.1 Å². The van der Waals surface area contributed by atoms with Crippen molar-refractivity contribution >= 4 is 11.3 Å². The molecule has 0 aliphatic carbocycles. The predicted octanol–water partition coefficient (Wildman–Crippen LogP) is 3.09. The quantitative estimate of drug-likeness (QED) is 0.851. The van der Waals surface area contributed by atoms with Crippen LogP contribution in [0.25, 0.3) is 0 Å². The first kappa shape index (κ1) is 12.3. The summed E-state index contributed by atoms with van der Waals surface area (Å²) >= 11 is 1.72. The van der Waals surface area contributed by atoms with Gasteiger partial charge in [0.2, 0.25) is 0 Å². The smallest absolute Gasteiger partial charge is 0.0681 e. The van der Waals surface area contributed by atoms with Gasteiger partial charge in [0.1, 0.15) is 0 Å². The van der Waals surface area contributed by atoms with E-state index in [1.807, 2.05) is 18.2 Å². The van der Waals surface area contributed by atoms with Crippen molar-refractivity contribution in [1.82, 2.24) is 5.32 Å². The Morgan fingerprint density at radius 2 is 2.18 bits per heavy atom. The van der Waals surface area contributed by atoms with Gasteiger partial charge in [-0.1, -0.05) is 24.3 Å². The van der Waals surface area contributed by atoms with Gasteiger partial charge in [0.25, 0.3) is 0 Å². The molecular formula is C14H17NOS. The third-order valence-electron chi connectivity index (χ3n) is 2.83. The standard InChI is InChI=1S/C14H17NOS/c1-11(15-8-13-5-6-17-10-13)14-4-2-3-12(7-14)9-16/h2-7,10-11,15-16H,8-9H2,1H3. The fourth-order valence-electron chi connectivity index (χ4n) is 1.74. The second-order valence-corrected chi connectivity index (χ2v) is 4.92. The van der Waals surface area contributed by atoms with Gasteiger partial charge in [-0.2, -0.15) is 11.3 Å². The molecule has 90 valence electrons. The van der Waals surface area contributed by atoms with Gasteiger partial charge in [0.15, 0.2) is 0 Å². The van der Waals surface area contributed by atoms with Crippen LogP contribution in [-0.4, -0.2) is 5.11 Å². The maximum atomic E-state index is 9.10. The third-order valence-corrected chi connectivity index (χ3v) is 3.56. The minimum Gasteiger partial charge on any atom is -0.392 e. The van der Waals surface area contributed by atoms with Crippen LogP contribution in [0.2, 0.25) is 0 Å². The second kappa shape index (κ2) is 5.96. The van der Waals surface area contributed by atoms with Crippen molar-refractivity contribution in [3.8, 4) is 0 Å². The van der Waals surface area contributed by atoms with E-state index in [9.17, 15) is 0 Å². The Bertz CT molecular complexity index is 453. The number of aliphatic hydroxyl groups excluding tert-OH is 1. The molecule has 0 spiro atoms. The van der Waals surface area contributed by atoms with E-state index < -0.39 is 0 Å². The number of nitrogens with one attached hydrogen (secondary N) is 1. The maximum Gasteiger partial charge on any atom is 0.0681 e. The van der Waals surface area contributed by atoms with Crippen LogP contribution in [0, 0.1) is 0 Å². The van der Waals surface area contributed by atoms with Gasteiger partial charge >= 0.3 is 0 Å². The van der Waals surface area contributed by atoms with Crippen molar-refractivity contribution in [2.45, 2.75) is 26.1 Å². The zero-order valence-corrected chi connectivity index (χ0v) is 10.7. The lowest BCUT2D eigenvalue weighted by atomic mass is 10.1. The molecule has 0 aliphatic heterocycles. The molecule has 0 radical (unpaired) electrons. The average molecular weight is 247 g/mol. The Balaban J connectivity index is 1.96. The minimum absolute atomic E-state index is 0.102. The molecule has 1 aromatic heterocycles. The molecule has 1 aromatic carbocycles. The number of hydrogen-bond acceptors (Lipinski definition) is 3. The molecule has 2 rings (SSSR count). The zero-order valence-electron chi connectivity index (χ0n) is 9.89. The van der Waals surface area contributed by atoms with Crippen molar-refractivity contribution in [3.05, 3.63) is 57.8 Å². The van der Waals surface area contributed by atoms with Gasteiger partial charge in [-0.3, -0.25) is 0 Å². The molecule has 1 unspecified atom stereocenters. The molecule has 0 aliphatic rings. The average Bonchev–Trinajstić information content (AvgIpc) is 2.89. The molecule has 3 heteroatoms. The summed E-state index contributed by atoms with van der Waals surface area (Å²) in [6.07, 6.45) is 0. The van der Waals surface area contributed by atoms with E-state index >= 15 is 0 Å². The van der Waals surface area contributed by atoms with Crippen LogP contribution in [0.15, 0.2) is 41.1 Å². The summed E-state index contributed by atoms with van der Waals surface area (Å²) in [5.41, 5.74) is 3.50. The van der Waals surface area contributed by atoms with E-state index in [1.165, 1.54) is 11.1 Å². The third kappa shape index (κ3) is 3.40. The van der Waals surface area contributed by atoms with E-state index in [0.29, 0.717) is 6.04 Å². The fourth-order valence-corrected chi connectivity index (χ4v) is 2.41. The Labute approximate surface area is 106 Å². The van der Waals surface area contributed by atoms with Crippen LogP contribution in [0.4, 0.5) is 0 Å². The predicted molar refractivity (Wildman–Crippen MR) is 71.9 cm³/mol. The van der Waals surface area contributed by atoms with Gasteiger partial charge in [-0.25, -0.2) is 0 Å². The highest BCUT2D eigenvalue weighted by Gasteiger charge is 2.05. The zero-order chi connectivity index (χ0) is 12.1.